The molecule has 112 valence electrons. The minimum Gasteiger partial charge on any atom is -0.330 e. The highest BCUT2D eigenvalue weighted by atomic mass is 16.1. The van der Waals surface area contributed by atoms with Crippen LogP contribution in [0.1, 0.15) is 27.2 Å². The van der Waals surface area contributed by atoms with Crippen LogP contribution in [0.25, 0.3) is 10.8 Å². The van der Waals surface area contributed by atoms with Crippen molar-refractivity contribution in [2.45, 2.75) is 27.2 Å². The van der Waals surface area contributed by atoms with Crippen LogP contribution >= 0.6 is 0 Å². The fourth-order valence-electron chi connectivity index (χ4n) is 2.48. The lowest BCUT2D eigenvalue weighted by Gasteiger charge is -2.24. The molecule has 0 bridgehead atoms. The van der Waals surface area contributed by atoms with Crippen LogP contribution in [0.5, 0.6) is 0 Å². The number of aromatic nitrogens is 1. The van der Waals surface area contributed by atoms with E-state index in [1.165, 1.54) is 0 Å². The summed E-state index contributed by atoms with van der Waals surface area (Å²) < 4.78 is 0. The molecule has 0 spiro atoms. The van der Waals surface area contributed by atoms with Gasteiger partial charge in [-0.1, -0.05) is 32.9 Å². The molecule has 4 heteroatoms. The van der Waals surface area contributed by atoms with Gasteiger partial charge in [0.1, 0.15) is 0 Å². The number of carbonyl (C=O) groups is 1. The first-order valence-electron chi connectivity index (χ1n) is 7.24. The zero-order valence-corrected chi connectivity index (χ0v) is 12.9. The van der Waals surface area contributed by atoms with Gasteiger partial charge in [0.2, 0.25) is 5.91 Å². The number of pyridine rings is 1. The summed E-state index contributed by atoms with van der Waals surface area (Å²) in [6.45, 7) is 6.70. The predicted octanol–water partition coefficient (Wildman–Crippen LogP) is 3.18. The average molecular weight is 285 g/mol. The van der Waals surface area contributed by atoms with Crippen molar-refractivity contribution >= 4 is 22.4 Å². The van der Waals surface area contributed by atoms with Gasteiger partial charge in [-0.05, 0) is 29.4 Å². The van der Waals surface area contributed by atoms with Gasteiger partial charge >= 0.3 is 0 Å². The second-order valence-electron chi connectivity index (χ2n) is 6.59. The molecule has 1 atom stereocenters. The first-order chi connectivity index (χ1) is 9.90. The number of amides is 1. The van der Waals surface area contributed by atoms with E-state index >= 15 is 0 Å². The third kappa shape index (κ3) is 4.02. The van der Waals surface area contributed by atoms with Gasteiger partial charge in [-0.2, -0.15) is 0 Å². The number of anilines is 1. The van der Waals surface area contributed by atoms with Gasteiger partial charge in [0.15, 0.2) is 0 Å². The van der Waals surface area contributed by atoms with Crippen LogP contribution in [0, 0.1) is 11.3 Å². The normalized spacial score (nSPS) is 13.1. The lowest BCUT2D eigenvalue weighted by atomic mass is 9.84. The summed E-state index contributed by atoms with van der Waals surface area (Å²) in [5.41, 5.74) is 6.63. The molecule has 1 aromatic carbocycles. The molecular formula is C17H23N3O. The van der Waals surface area contributed by atoms with Crippen LogP contribution in [0.2, 0.25) is 0 Å². The van der Waals surface area contributed by atoms with E-state index in [2.05, 4.69) is 31.1 Å². The largest absolute Gasteiger partial charge is 0.330 e. The summed E-state index contributed by atoms with van der Waals surface area (Å²) in [5, 5.41) is 5.00. The number of carbonyl (C=O) groups excluding carboxylic acids is 1. The monoisotopic (exact) mass is 285 g/mol. The molecule has 0 fully saturated rings. The van der Waals surface area contributed by atoms with Crippen LogP contribution in [-0.4, -0.2) is 17.4 Å². The molecule has 1 amide bonds. The van der Waals surface area contributed by atoms with Crippen molar-refractivity contribution < 1.29 is 4.79 Å². The standard InChI is InChI=1S/C17H23N3O/c1-17(2,3)9-13(10-18)16(21)20-15-6-4-5-12-7-8-19-11-14(12)15/h4-8,11,13H,9-10,18H2,1-3H3,(H,20,21). The van der Waals surface area contributed by atoms with Crippen molar-refractivity contribution in [2.24, 2.45) is 17.1 Å². The van der Waals surface area contributed by atoms with Crippen molar-refractivity contribution in [1.82, 2.24) is 4.98 Å². The van der Waals surface area contributed by atoms with Gasteiger partial charge in [0.05, 0.1) is 11.6 Å². The average Bonchev–Trinajstić information content (AvgIpc) is 2.44. The van der Waals surface area contributed by atoms with Crippen molar-refractivity contribution in [1.29, 1.82) is 0 Å². The third-order valence-electron chi connectivity index (χ3n) is 3.46. The number of fused-ring (bicyclic) bond motifs is 1. The molecule has 4 nitrogen and oxygen atoms in total. The van der Waals surface area contributed by atoms with Gasteiger partial charge in [0.25, 0.3) is 0 Å². The molecule has 3 N–H and O–H groups in total. The molecule has 0 aliphatic rings. The van der Waals surface area contributed by atoms with Crippen molar-refractivity contribution in [3.05, 3.63) is 36.7 Å². The molecule has 1 aromatic heterocycles. The smallest absolute Gasteiger partial charge is 0.228 e. The first-order valence-corrected chi connectivity index (χ1v) is 7.24. The van der Waals surface area contributed by atoms with E-state index < -0.39 is 0 Å². The summed E-state index contributed by atoms with van der Waals surface area (Å²) in [7, 11) is 0. The second-order valence-corrected chi connectivity index (χ2v) is 6.59. The Bertz CT molecular complexity index is 626. The number of nitrogens with one attached hydrogen (secondary N) is 1. The number of hydrogen-bond acceptors (Lipinski definition) is 3. The van der Waals surface area contributed by atoms with Gasteiger partial charge in [-0.25, -0.2) is 0 Å². The molecule has 0 aliphatic carbocycles. The first kappa shape index (κ1) is 15.4. The molecule has 2 aromatic rings. The Labute approximate surface area is 125 Å². The zero-order chi connectivity index (χ0) is 15.5. The maximum atomic E-state index is 12.5. The highest BCUT2D eigenvalue weighted by molar-refractivity contribution is 6.02. The van der Waals surface area contributed by atoms with Crippen molar-refractivity contribution in [3.8, 4) is 0 Å². The molecule has 0 saturated heterocycles. The second kappa shape index (κ2) is 6.22. The highest BCUT2D eigenvalue weighted by Gasteiger charge is 2.24. The molecule has 21 heavy (non-hydrogen) atoms. The van der Waals surface area contributed by atoms with E-state index in [4.69, 9.17) is 5.73 Å². The molecule has 0 radical (unpaired) electrons. The lowest BCUT2D eigenvalue weighted by molar-refractivity contribution is -0.120. The number of nitrogens with zero attached hydrogens (tertiary/aromatic N) is 1. The summed E-state index contributed by atoms with van der Waals surface area (Å²) in [6.07, 6.45) is 4.28. The van der Waals surface area contributed by atoms with E-state index in [-0.39, 0.29) is 17.2 Å². The number of hydrogen-bond donors (Lipinski definition) is 2. The van der Waals surface area contributed by atoms with Crippen molar-refractivity contribution in [3.63, 3.8) is 0 Å². The lowest BCUT2D eigenvalue weighted by Crippen LogP contribution is -2.32. The third-order valence-corrected chi connectivity index (χ3v) is 3.46. The van der Waals surface area contributed by atoms with Gasteiger partial charge in [-0.3, -0.25) is 9.78 Å². The summed E-state index contributed by atoms with van der Waals surface area (Å²) in [4.78, 5) is 16.6. The fraction of sp³-hybridized carbons (Fsp3) is 0.412. The summed E-state index contributed by atoms with van der Waals surface area (Å²) >= 11 is 0. The molecule has 1 heterocycles. The van der Waals surface area contributed by atoms with E-state index in [1.807, 2.05) is 24.3 Å². The fourth-order valence-corrected chi connectivity index (χ4v) is 2.48. The van der Waals surface area contributed by atoms with E-state index in [0.29, 0.717) is 6.54 Å². The quantitative estimate of drug-likeness (QED) is 0.906. The maximum absolute atomic E-state index is 12.5. The number of benzene rings is 1. The Kier molecular flexibility index (Phi) is 4.58. The Morgan fingerprint density at radius 3 is 2.76 bits per heavy atom. The molecule has 0 aliphatic heterocycles. The Morgan fingerprint density at radius 2 is 2.10 bits per heavy atom. The van der Waals surface area contributed by atoms with Gasteiger partial charge in [0, 0.05) is 24.3 Å². The Morgan fingerprint density at radius 1 is 1.33 bits per heavy atom. The van der Waals surface area contributed by atoms with Crippen molar-refractivity contribution in [2.75, 3.05) is 11.9 Å². The number of rotatable bonds is 4. The van der Waals surface area contributed by atoms with Crippen LogP contribution in [0.3, 0.4) is 0 Å². The van der Waals surface area contributed by atoms with Gasteiger partial charge < -0.3 is 11.1 Å². The minimum atomic E-state index is -0.183. The molecular weight excluding hydrogens is 262 g/mol. The topological polar surface area (TPSA) is 68.0 Å². The maximum Gasteiger partial charge on any atom is 0.228 e. The molecule has 2 rings (SSSR count). The highest BCUT2D eigenvalue weighted by Crippen LogP contribution is 2.26. The SMILES string of the molecule is CC(C)(C)CC(CN)C(=O)Nc1cccc2ccncc12. The van der Waals surface area contributed by atoms with Crippen LogP contribution in [0.15, 0.2) is 36.7 Å². The van der Waals surface area contributed by atoms with E-state index in [9.17, 15) is 4.79 Å². The summed E-state index contributed by atoms with van der Waals surface area (Å²) in [5.74, 6) is -0.208. The predicted molar refractivity (Wildman–Crippen MR) is 87.0 cm³/mol. The van der Waals surface area contributed by atoms with Crippen LogP contribution < -0.4 is 11.1 Å². The zero-order valence-electron chi connectivity index (χ0n) is 12.9. The molecule has 0 saturated carbocycles. The Hall–Kier alpha value is -1.94. The minimum absolute atomic E-state index is 0.0243. The van der Waals surface area contributed by atoms with E-state index in [0.717, 1.165) is 22.9 Å². The van der Waals surface area contributed by atoms with E-state index in [1.54, 1.807) is 12.4 Å². The van der Waals surface area contributed by atoms with Gasteiger partial charge in [-0.15, -0.1) is 0 Å². The molecule has 1 unspecified atom stereocenters. The number of nitrogens with two attached hydrogens (primary N) is 1. The van der Waals surface area contributed by atoms with Crippen LogP contribution in [-0.2, 0) is 4.79 Å². The summed E-state index contributed by atoms with van der Waals surface area (Å²) in [6, 6.07) is 7.76. The Balaban J connectivity index is 2.21. The van der Waals surface area contributed by atoms with Crippen LogP contribution in [0.4, 0.5) is 5.69 Å².